The van der Waals surface area contributed by atoms with Gasteiger partial charge in [0.1, 0.15) is 0 Å². The SMILES string of the molecule is Cn1c(N2CCCC2Cc2ccccc2)nc(-c2ccncc2F)cc1=O. The van der Waals surface area contributed by atoms with Gasteiger partial charge in [-0.05, 0) is 30.9 Å². The molecule has 5 nitrogen and oxygen atoms in total. The van der Waals surface area contributed by atoms with Crippen molar-refractivity contribution in [1.29, 1.82) is 0 Å². The normalized spacial score (nSPS) is 16.7. The summed E-state index contributed by atoms with van der Waals surface area (Å²) in [5, 5.41) is 0. The number of hydrogen-bond acceptors (Lipinski definition) is 4. The van der Waals surface area contributed by atoms with Crippen LogP contribution in [0.4, 0.5) is 10.3 Å². The van der Waals surface area contributed by atoms with Crippen molar-refractivity contribution in [3.05, 3.63) is 76.6 Å². The van der Waals surface area contributed by atoms with E-state index in [1.165, 1.54) is 17.8 Å². The number of halogens is 1. The highest BCUT2D eigenvalue weighted by molar-refractivity contribution is 5.60. The Morgan fingerprint density at radius 3 is 2.81 bits per heavy atom. The van der Waals surface area contributed by atoms with Crippen molar-refractivity contribution in [2.24, 2.45) is 7.05 Å². The maximum absolute atomic E-state index is 14.2. The van der Waals surface area contributed by atoms with Crippen molar-refractivity contribution in [3.63, 3.8) is 0 Å². The lowest BCUT2D eigenvalue weighted by atomic mass is 10.0. The number of pyridine rings is 1. The zero-order valence-electron chi connectivity index (χ0n) is 15.2. The van der Waals surface area contributed by atoms with Crippen LogP contribution in [0.5, 0.6) is 0 Å². The predicted octanol–water partition coefficient (Wildman–Crippen LogP) is 3.19. The third-order valence-corrected chi connectivity index (χ3v) is 5.11. The lowest BCUT2D eigenvalue weighted by Gasteiger charge is -2.27. The number of benzene rings is 1. The van der Waals surface area contributed by atoms with Gasteiger partial charge in [-0.2, -0.15) is 0 Å². The Morgan fingerprint density at radius 1 is 1.22 bits per heavy atom. The third kappa shape index (κ3) is 3.47. The van der Waals surface area contributed by atoms with Crippen LogP contribution in [-0.4, -0.2) is 27.1 Å². The number of aromatic nitrogens is 3. The molecule has 6 heteroatoms. The predicted molar refractivity (Wildman–Crippen MR) is 103 cm³/mol. The molecule has 0 amide bonds. The zero-order valence-corrected chi connectivity index (χ0v) is 15.2. The van der Waals surface area contributed by atoms with Crippen molar-refractivity contribution in [2.45, 2.75) is 25.3 Å². The Bertz CT molecular complexity index is 1000. The molecular formula is C21H21FN4O. The summed E-state index contributed by atoms with van der Waals surface area (Å²) in [6.45, 7) is 0.833. The van der Waals surface area contributed by atoms with Crippen molar-refractivity contribution in [1.82, 2.24) is 14.5 Å². The minimum Gasteiger partial charge on any atom is -0.339 e. The Labute approximate surface area is 157 Å². The third-order valence-electron chi connectivity index (χ3n) is 5.11. The van der Waals surface area contributed by atoms with Gasteiger partial charge in [-0.15, -0.1) is 0 Å². The lowest BCUT2D eigenvalue weighted by Crippen LogP contribution is -2.36. The molecule has 1 atom stereocenters. The van der Waals surface area contributed by atoms with Crippen LogP contribution in [-0.2, 0) is 13.5 Å². The number of nitrogens with zero attached hydrogens (tertiary/aromatic N) is 4. The van der Waals surface area contributed by atoms with E-state index in [2.05, 4.69) is 27.0 Å². The van der Waals surface area contributed by atoms with Gasteiger partial charge in [0.05, 0.1) is 11.9 Å². The first kappa shape index (κ1) is 17.4. The van der Waals surface area contributed by atoms with E-state index in [4.69, 9.17) is 0 Å². The average molecular weight is 364 g/mol. The molecule has 3 heterocycles. The van der Waals surface area contributed by atoms with Crippen LogP contribution in [0.3, 0.4) is 0 Å². The van der Waals surface area contributed by atoms with Crippen molar-refractivity contribution in [3.8, 4) is 11.3 Å². The monoisotopic (exact) mass is 364 g/mol. The van der Waals surface area contributed by atoms with Gasteiger partial charge < -0.3 is 4.90 Å². The first-order valence-corrected chi connectivity index (χ1v) is 9.12. The molecule has 138 valence electrons. The summed E-state index contributed by atoms with van der Waals surface area (Å²) < 4.78 is 15.7. The van der Waals surface area contributed by atoms with Gasteiger partial charge in [-0.25, -0.2) is 9.37 Å². The van der Waals surface area contributed by atoms with Gasteiger partial charge >= 0.3 is 0 Å². The van der Waals surface area contributed by atoms with Gasteiger partial charge in [-0.1, -0.05) is 30.3 Å². The van der Waals surface area contributed by atoms with Crippen LogP contribution in [0.15, 0.2) is 59.7 Å². The van der Waals surface area contributed by atoms with E-state index in [0.29, 0.717) is 17.2 Å². The second kappa shape index (κ2) is 7.31. The largest absolute Gasteiger partial charge is 0.339 e. The molecule has 4 rings (SSSR count). The highest BCUT2D eigenvalue weighted by Crippen LogP contribution is 2.27. The highest BCUT2D eigenvalue weighted by Gasteiger charge is 2.28. The van der Waals surface area contributed by atoms with Gasteiger partial charge in [0.2, 0.25) is 5.95 Å². The molecule has 0 saturated carbocycles. The van der Waals surface area contributed by atoms with Crippen LogP contribution in [0.2, 0.25) is 0 Å². The summed E-state index contributed by atoms with van der Waals surface area (Å²) in [4.78, 5) is 23.1. The molecule has 1 aromatic carbocycles. The minimum atomic E-state index is -0.480. The van der Waals surface area contributed by atoms with Crippen molar-refractivity contribution >= 4 is 5.95 Å². The van der Waals surface area contributed by atoms with Crippen LogP contribution in [0.25, 0.3) is 11.3 Å². The summed E-state index contributed by atoms with van der Waals surface area (Å²) >= 11 is 0. The molecule has 0 N–H and O–H groups in total. The molecule has 0 radical (unpaired) electrons. The Morgan fingerprint density at radius 2 is 2.04 bits per heavy atom. The molecule has 1 aliphatic heterocycles. The van der Waals surface area contributed by atoms with Crippen LogP contribution >= 0.6 is 0 Å². The van der Waals surface area contributed by atoms with E-state index in [0.717, 1.165) is 32.0 Å². The Hall–Kier alpha value is -3.02. The molecule has 3 aromatic rings. The second-order valence-corrected chi connectivity index (χ2v) is 6.87. The first-order valence-electron chi connectivity index (χ1n) is 9.12. The topological polar surface area (TPSA) is 51.0 Å². The summed E-state index contributed by atoms with van der Waals surface area (Å²) in [5.41, 5.74) is 1.70. The van der Waals surface area contributed by atoms with E-state index >= 15 is 0 Å². The van der Waals surface area contributed by atoms with Crippen LogP contribution < -0.4 is 10.5 Å². The fourth-order valence-corrected chi connectivity index (χ4v) is 3.70. The summed E-state index contributed by atoms with van der Waals surface area (Å²) in [7, 11) is 1.72. The fraction of sp³-hybridized carbons (Fsp3) is 0.286. The summed E-state index contributed by atoms with van der Waals surface area (Å²) in [6, 6.07) is 13.5. The molecule has 0 aliphatic carbocycles. The van der Waals surface area contributed by atoms with E-state index in [-0.39, 0.29) is 11.6 Å². The number of hydrogen-bond donors (Lipinski definition) is 0. The summed E-state index contributed by atoms with van der Waals surface area (Å²) in [5.74, 6) is 0.110. The molecule has 1 saturated heterocycles. The van der Waals surface area contributed by atoms with Gasteiger partial charge in [0, 0.05) is 37.5 Å². The maximum atomic E-state index is 14.2. The molecule has 0 spiro atoms. The fourth-order valence-electron chi connectivity index (χ4n) is 3.70. The summed E-state index contributed by atoms with van der Waals surface area (Å²) in [6.07, 6.45) is 5.62. The standard InChI is InChI=1S/C21H21FN4O/c1-25-20(27)13-19(17-9-10-23-14-18(17)22)24-21(25)26-11-5-8-16(26)12-15-6-3-2-4-7-15/h2-4,6-7,9-10,13-14,16H,5,8,11-12H2,1H3. The van der Waals surface area contributed by atoms with E-state index < -0.39 is 5.82 Å². The lowest BCUT2D eigenvalue weighted by molar-refractivity contribution is 0.621. The molecule has 1 fully saturated rings. The van der Waals surface area contributed by atoms with E-state index in [9.17, 15) is 9.18 Å². The van der Waals surface area contributed by atoms with E-state index in [1.807, 2.05) is 18.2 Å². The number of rotatable bonds is 4. The van der Waals surface area contributed by atoms with Gasteiger partial charge in [0.15, 0.2) is 5.82 Å². The van der Waals surface area contributed by atoms with Gasteiger partial charge in [0.25, 0.3) is 5.56 Å². The highest BCUT2D eigenvalue weighted by atomic mass is 19.1. The van der Waals surface area contributed by atoms with Crippen molar-refractivity contribution in [2.75, 3.05) is 11.4 Å². The minimum absolute atomic E-state index is 0.198. The first-order chi connectivity index (χ1) is 13.1. The zero-order chi connectivity index (χ0) is 18.8. The smallest absolute Gasteiger partial charge is 0.255 e. The van der Waals surface area contributed by atoms with Crippen LogP contribution in [0.1, 0.15) is 18.4 Å². The van der Waals surface area contributed by atoms with Gasteiger partial charge in [-0.3, -0.25) is 14.3 Å². The maximum Gasteiger partial charge on any atom is 0.255 e. The number of anilines is 1. The molecule has 0 bridgehead atoms. The molecule has 2 aromatic heterocycles. The molecule has 1 unspecified atom stereocenters. The molecule has 1 aliphatic rings. The second-order valence-electron chi connectivity index (χ2n) is 6.87. The van der Waals surface area contributed by atoms with Crippen LogP contribution in [0, 0.1) is 5.82 Å². The quantitative estimate of drug-likeness (QED) is 0.713. The average Bonchev–Trinajstić information content (AvgIpc) is 3.13. The van der Waals surface area contributed by atoms with Crippen molar-refractivity contribution < 1.29 is 4.39 Å². The Balaban J connectivity index is 1.72. The molecular weight excluding hydrogens is 343 g/mol. The van der Waals surface area contributed by atoms with E-state index in [1.54, 1.807) is 17.7 Å². The molecule has 27 heavy (non-hydrogen) atoms. The Kier molecular flexibility index (Phi) is 4.71.